The second kappa shape index (κ2) is 3.98. The van der Waals surface area contributed by atoms with Crippen LogP contribution in [0.25, 0.3) is 0 Å². The highest BCUT2D eigenvalue weighted by atomic mass is 16.4. The summed E-state index contributed by atoms with van der Waals surface area (Å²) in [5.74, 6) is 2.18. The minimum absolute atomic E-state index is 0.387. The van der Waals surface area contributed by atoms with E-state index in [1.54, 1.807) is 0 Å². The topological polar surface area (TPSA) is 37.3 Å². The fourth-order valence-electron chi connectivity index (χ4n) is 5.69. The third-order valence-corrected chi connectivity index (χ3v) is 6.23. The third kappa shape index (κ3) is 1.88. The normalized spacial score (nSPS) is 44.9. The molecule has 4 rings (SSSR count). The Kier molecular flexibility index (Phi) is 2.76. The van der Waals surface area contributed by atoms with Crippen LogP contribution in [0.5, 0.6) is 0 Å². The Hall–Kier alpha value is -0.530. The zero-order valence-electron chi connectivity index (χ0n) is 11.7. The van der Waals surface area contributed by atoms with Crippen molar-refractivity contribution in [3.63, 3.8) is 0 Å². The van der Waals surface area contributed by atoms with Gasteiger partial charge in [0.15, 0.2) is 0 Å². The van der Waals surface area contributed by atoms with E-state index in [0.717, 1.165) is 30.6 Å². The standard InChI is InChI=1S/C16H26O2/c1-3-15(2,14(17)18)10-16-7-11-4-12(8-16)6-13(5-11)9-16/h11-13H,3-10H2,1-2H3,(H,17,18). The van der Waals surface area contributed by atoms with Crippen LogP contribution in [-0.4, -0.2) is 11.1 Å². The van der Waals surface area contributed by atoms with E-state index in [1.165, 1.54) is 38.5 Å². The fourth-order valence-corrected chi connectivity index (χ4v) is 5.69. The Morgan fingerprint density at radius 3 is 1.94 bits per heavy atom. The first-order valence-electron chi connectivity index (χ1n) is 7.68. The predicted molar refractivity (Wildman–Crippen MR) is 71.3 cm³/mol. The Bertz CT molecular complexity index is 325. The number of carboxylic acid groups (broad SMARTS) is 1. The highest BCUT2D eigenvalue weighted by Crippen LogP contribution is 2.63. The molecule has 0 radical (unpaired) electrons. The molecule has 2 heteroatoms. The van der Waals surface area contributed by atoms with Gasteiger partial charge in [0.25, 0.3) is 0 Å². The lowest BCUT2D eigenvalue weighted by molar-refractivity contribution is -0.154. The van der Waals surface area contributed by atoms with Crippen LogP contribution in [0.1, 0.15) is 65.2 Å². The van der Waals surface area contributed by atoms with E-state index >= 15 is 0 Å². The SMILES string of the molecule is CCC(C)(CC12CC3CC(CC(C3)C1)C2)C(=O)O. The van der Waals surface area contributed by atoms with Crippen molar-refractivity contribution in [2.24, 2.45) is 28.6 Å². The average molecular weight is 250 g/mol. The summed E-state index contributed by atoms with van der Waals surface area (Å²) in [5.41, 5.74) is -0.108. The van der Waals surface area contributed by atoms with Gasteiger partial charge in [0.2, 0.25) is 0 Å². The number of hydrogen-bond acceptors (Lipinski definition) is 1. The second-order valence-corrected chi connectivity index (χ2v) is 7.81. The molecule has 0 spiro atoms. The van der Waals surface area contributed by atoms with E-state index in [4.69, 9.17) is 0 Å². The van der Waals surface area contributed by atoms with E-state index < -0.39 is 11.4 Å². The van der Waals surface area contributed by atoms with Gasteiger partial charge in [0, 0.05) is 0 Å². The summed E-state index contributed by atoms with van der Waals surface area (Å²) < 4.78 is 0. The molecule has 0 aliphatic heterocycles. The largest absolute Gasteiger partial charge is 0.481 e. The molecule has 2 nitrogen and oxygen atoms in total. The van der Waals surface area contributed by atoms with Gasteiger partial charge in [0.05, 0.1) is 5.41 Å². The Morgan fingerprint density at radius 2 is 1.61 bits per heavy atom. The monoisotopic (exact) mass is 250 g/mol. The number of aliphatic carboxylic acids is 1. The molecular formula is C16H26O2. The average Bonchev–Trinajstić information content (AvgIpc) is 2.25. The molecule has 4 saturated carbocycles. The smallest absolute Gasteiger partial charge is 0.309 e. The minimum atomic E-state index is -0.583. The molecule has 1 atom stereocenters. The first kappa shape index (κ1) is 12.5. The number of hydrogen-bond donors (Lipinski definition) is 1. The Morgan fingerprint density at radius 1 is 1.17 bits per heavy atom. The maximum atomic E-state index is 11.6. The van der Waals surface area contributed by atoms with E-state index in [0.29, 0.717) is 5.41 Å². The van der Waals surface area contributed by atoms with E-state index in [9.17, 15) is 9.90 Å². The highest BCUT2D eigenvalue weighted by molar-refractivity contribution is 5.74. The zero-order valence-corrected chi connectivity index (χ0v) is 11.7. The van der Waals surface area contributed by atoms with Crippen molar-refractivity contribution >= 4 is 5.97 Å². The van der Waals surface area contributed by atoms with Crippen molar-refractivity contribution in [2.75, 3.05) is 0 Å². The number of carbonyl (C=O) groups is 1. The van der Waals surface area contributed by atoms with Crippen LogP contribution in [0.4, 0.5) is 0 Å². The van der Waals surface area contributed by atoms with Crippen molar-refractivity contribution in [2.45, 2.75) is 65.2 Å². The summed E-state index contributed by atoms with van der Waals surface area (Å²) in [7, 11) is 0. The molecule has 4 aliphatic rings. The molecule has 0 amide bonds. The summed E-state index contributed by atoms with van der Waals surface area (Å²) in [4.78, 5) is 11.6. The van der Waals surface area contributed by atoms with Gasteiger partial charge in [-0.15, -0.1) is 0 Å². The lowest BCUT2D eigenvalue weighted by atomic mass is 9.47. The molecule has 0 aromatic heterocycles. The molecule has 4 fully saturated rings. The summed E-state index contributed by atoms with van der Waals surface area (Å²) >= 11 is 0. The summed E-state index contributed by atoms with van der Waals surface area (Å²) in [6.45, 7) is 4.00. The maximum absolute atomic E-state index is 11.6. The molecule has 1 N–H and O–H groups in total. The first-order valence-corrected chi connectivity index (χ1v) is 7.68. The molecule has 1 unspecified atom stereocenters. The van der Waals surface area contributed by atoms with Gasteiger partial charge in [-0.3, -0.25) is 4.79 Å². The van der Waals surface area contributed by atoms with Gasteiger partial charge in [0.1, 0.15) is 0 Å². The zero-order chi connectivity index (χ0) is 13.0. The quantitative estimate of drug-likeness (QED) is 0.815. The predicted octanol–water partition coefficient (Wildman–Crippen LogP) is 4.09. The fraction of sp³-hybridized carbons (Fsp3) is 0.938. The number of carboxylic acids is 1. The van der Waals surface area contributed by atoms with Gasteiger partial charge >= 0.3 is 5.97 Å². The molecule has 0 saturated heterocycles. The molecule has 0 heterocycles. The van der Waals surface area contributed by atoms with Crippen molar-refractivity contribution in [3.8, 4) is 0 Å². The molecular weight excluding hydrogens is 224 g/mol. The van der Waals surface area contributed by atoms with Crippen LogP contribution in [0.2, 0.25) is 0 Å². The van der Waals surface area contributed by atoms with Crippen LogP contribution >= 0.6 is 0 Å². The van der Waals surface area contributed by atoms with Gasteiger partial charge in [-0.25, -0.2) is 0 Å². The number of rotatable bonds is 4. The lowest BCUT2D eigenvalue weighted by Crippen LogP contribution is -2.49. The van der Waals surface area contributed by atoms with E-state index in [-0.39, 0.29) is 0 Å². The van der Waals surface area contributed by atoms with Crippen molar-refractivity contribution in [3.05, 3.63) is 0 Å². The Labute approximate surface area is 110 Å². The van der Waals surface area contributed by atoms with Gasteiger partial charge < -0.3 is 5.11 Å². The Balaban J connectivity index is 1.81. The molecule has 18 heavy (non-hydrogen) atoms. The van der Waals surface area contributed by atoms with Crippen molar-refractivity contribution < 1.29 is 9.90 Å². The van der Waals surface area contributed by atoms with Crippen LogP contribution in [0.15, 0.2) is 0 Å². The van der Waals surface area contributed by atoms with Crippen LogP contribution in [-0.2, 0) is 4.79 Å². The summed E-state index contributed by atoms with van der Waals surface area (Å²) in [6.07, 6.45) is 9.98. The molecule has 0 aromatic carbocycles. The summed E-state index contributed by atoms with van der Waals surface area (Å²) in [6, 6.07) is 0. The second-order valence-electron chi connectivity index (χ2n) is 7.81. The van der Waals surface area contributed by atoms with Crippen LogP contribution in [0.3, 0.4) is 0 Å². The summed E-state index contributed by atoms with van der Waals surface area (Å²) in [5, 5.41) is 9.53. The van der Waals surface area contributed by atoms with E-state index in [1.807, 2.05) is 13.8 Å². The molecule has 0 aromatic rings. The van der Waals surface area contributed by atoms with E-state index in [2.05, 4.69) is 0 Å². The van der Waals surface area contributed by atoms with Crippen LogP contribution in [0, 0.1) is 28.6 Å². The molecule has 102 valence electrons. The third-order valence-electron chi connectivity index (χ3n) is 6.23. The van der Waals surface area contributed by atoms with Crippen molar-refractivity contribution in [1.29, 1.82) is 0 Å². The highest BCUT2D eigenvalue weighted by Gasteiger charge is 2.53. The molecule has 4 aliphatic carbocycles. The first-order chi connectivity index (χ1) is 8.45. The van der Waals surface area contributed by atoms with Gasteiger partial charge in [-0.05, 0) is 81.5 Å². The van der Waals surface area contributed by atoms with Gasteiger partial charge in [-0.2, -0.15) is 0 Å². The minimum Gasteiger partial charge on any atom is -0.481 e. The molecule has 4 bridgehead atoms. The lowest BCUT2D eigenvalue weighted by Gasteiger charge is -2.58. The van der Waals surface area contributed by atoms with Crippen LogP contribution < -0.4 is 0 Å². The van der Waals surface area contributed by atoms with Crippen molar-refractivity contribution in [1.82, 2.24) is 0 Å². The van der Waals surface area contributed by atoms with Gasteiger partial charge in [-0.1, -0.05) is 6.92 Å². The maximum Gasteiger partial charge on any atom is 0.309 e.